The molecule has 0 radical (unpaired) electrons. The van der Waals surface area contributed by atoms with Gasteiger partial charge in [0.15, 0.2) is 5.96 Å². The molecule has 1 amide bonds. The summed E-state index contributed by atoms with van der Waals surface area (Å²) in [5, 5.41) is 0. The van der Waals surface area contributed by atoms with Crippen LogP contribution in [-0.4, -0.2) is 53.2 Å². The highest BCUT2D eigenvalue weighted by Gasteiger charge is 2.37. The van der Waals surface area contributed by atoms with E-state index in [1.54, 1.807) is 0 Å². The van der Waals surface area contributed by atoms with Crippen LogP contribution in [0.2, 0.25) is 0 Å². The zero-order valence-corrected chi connectivity index (χ0v) is 21.0. The lowest BCUT2D eigenvalue weighted by molar-refractivity contribution is 0.0577. The van der Waals surface area contributed by atoms with Crippen LogP contribution in [0.5, 0.6) is 0 Å². The molecule has 1 aliphatic heterocycles. The number of nitrogens with two attached hydrogens (primary N) is 1. The van der Waals surface area contributed by atoms with Gasteiger partial charge in [-0.05, 0) is 57.7 Å². The summed E-state index contributed by atoms with van der Waals surface area (Å²) in [6, 6.07) is 6.38. The molecule has 0 spiro atoms. The molecule has 1 aromatic rings. The molecule has 6 nitrogen and oxygen atoms in total. The Balaban J connectivity index is 0.00000300. The van der Waals surface area contributed by atoms with Crippen LogP contribution in [0.15, 0.2) is 23.2 Å². The highest BCUT2D eigenvalue weighted by Crippen LogP contribution is 2.35. The number of anilines is 1. The van der Waals surface area contributed by atoms with Crippen LogP contribution in [0, 0.1) is 6.92 Å². The number of amides is 1. The van der Waals surface area contributed by atoms with Crippen molar-refractivity contribution in [3.8, 4) is 0 Å². The fourth-order valence-corrected chi connectivity index (χ4v) is 4.14. The number of aryl methyl sites for hydroxylation is 1. The lowest BCUT2D eigenvalue weighted by atomic mass is 10.1. The van der Waals surface area contributed by atoms with Gasteiger partial charge in [0.05, 0.1) is 12.2 Å². The number of nitrogens with zero attached hydrogens (tertiary/aromatic N) is 3. The van der Waals surface area contributed by atoms with Crippen molar-refractivity contribution in [1.29, 1.82) is 0 Å². The largest absolute Gasteiger partial charge is 0.443 e. The average Bonchev–Trinajstić information content (AvgIpc) is 3.46. The lowest BCUT2D eigenvalue weighted by Gasteiger charge is -2.28. The molecule has 0 atom stereocenters. The molecule has 0 unspecified atom stereocenters. The first-order valence-electron chi connectivity index (χ1n) is 9.99. The van der Waals surface area contributed by atoms with Gasteiger partial charge in [0, 0.05) is 30.6 Å². The third-order valence-electron chi connectivity index (χ3n) is 4.78. The Kier molecular flexibility index (Phi) is 8.51. The fourth-order valence-electron chi connectivity index (χ4n) is 3.24. The maximum absolute atomic E-state index is 12.7. The molecular formula is C21H33IN4O2S. The lowest BCUT2D eigenvalue weighted by Crippen LogP contribution is -2.42. The van der Waals surface area contributed by atoms with Crippen LogP contribution in [0.3, 0.4) is 0 Å². The van der Waals surface area contributed by atoms with Gasteiger partial charge < -0.3 is 15.4 Å². The summed E-state index contributed by atoms with van der Waals surface area (Å²) >= 11 is 1.95. The molecular weight excluding hydrogens is 499 g/mol. The minimum absolute atomic E-state index is 0. The summed E-state index contributed by atoms with van der Waals surface area (Å²) in [4.78, 5) is 21.3. The van der Waals surface area contributed by atoms with Gasteiger partial charge in [0.1, 0.15) is 5.60 Å². The van der Waals surface area contributed by atoms with E-state index in [9.17, 15) is 4.79 Å². The van der Waals surface area contributed by atoms with E-state index in [1.165, 1.54) is 0 Å². The van der Waals surface area contributed by atoms with E-state index in [2.05, 4.69) is 16.0 Å². The van der Waals surface area contributed by atoms with Crippen molar-refractivity contribution in [3.05, 3.63) is 29.3 Å². The van der Waals surface area contributed by atoms with Crippen molar-refractivity contribution in [1.82, 2.24) is 4.90 Å². The molecule has 8 heteroatoms. The van der Waals surface area contributed by atoms with Crippen LogP contribution in [0.4, 0.5) is 10.5 Å². The van der Waals surface area contributed by atoms with Crippen molar-refractivity contribution >= 4 is 53.5 Å². The predicted molar refractivity (Wildman–Crippen MR) is 133 cm³/mol. The van der Waals surface area contributed by atoms with Crippen molar-refractivity contribution in [2.75, 3.05) is 29.5 Å². The van der Waals surface area contributed by atoms with Gasteiger partial charge in [-0.1, -0.05) is 12.1 Å². The maximum Gasteiger partial charge on any atom is 0.415 e. The summed E-state index contributed by atoms with van der Waals surface area (Å²) < 4.78 is 5.63. The molecule has 1 heterocycles. The first kappa shape index (κ1) is 24.1. The molecule has 2 aliphatic rings. The Bertz CT molecular complexity index is 741. The second kappa shape index (κ2) is 10.2. The van der Waals surface area contributed by atoms with Gasteiger partial charge in [-0.15, -0.1) is 24.0 Å². The summed E-state index contributed by atoms with van der Waals surface area (Å²) in [7, 11) is 0. The predicted octanol–water partition coefficient (Wildman–Crippen LogP) is 4.38. The van der Waals surface area contributed by atoms with Gasteiger partial charge in [0.2, 0.25) is 0 Å². The quantitative estimate of drug-likeness (QED) is 0.354. The number of carbonyl (C=O) groups is 1. The molecule has 29 heavy (non-hydrogen) atoms. The molecule has 1 aliphatic carbocycles. The number of halogens is 1. The highest BCUT2D eigenvalue weighted by atomic mass is 127. The van der Waals surface area contributed by atoms with Gasteiger partial charge in [0.25, 0.3) is 0 Å². The number of benzene rings is 1. The zero-order valence-electron chi connectivity index (χ0n) is 17.8. The summed E-state index contributed by atoms with van der Waals surface area (Å²) in [5.74, 6) is 2.83. The monoisotopic (exact) mass is 532 g/mol. The fraction of sp³-hybridized carbons (Fsp3) is 0.619. The third-order valence-corrected chi connectivity index (χ3v) is 5.72. The number of aliphatic imine (C=N–C) groups is 1. The summed E-state index contributed by atoms with van der Waals surface area (Å²) in [6.45, 7) is 10.2. The Labute approximate surface area is 195 Å². The zero-order chi connectivity index (χ0) is 20.3. The van der Waals surface area contributed by atoms with E-state index in [-0.39, 0.29) is 36.1 Å². The van der Waals surface area contributed by atoms with Gasteiger partial charge in [-0.25, -0.2) is 9.79 Å². The number of guanidine groups is 1. The molecule has 162 valence electrons. The van der Waals surface area contributed by atoms with Gasteiger partial charge >= 0.3 is 6.09 Å². The molecule has 3 rings (SSSR count). The van der Waals surface area contributed by atoms with E-state index in [1.807, 2.05) is 56.5 Å². The topological polar surface area (TPSA) is 71.2 Å². The maximum atomic E-state index is 12.7. The van der Waals surface area contributed by atoms with Crippen molar-refractivity contribution in [3.63, 3.8) is 0 Å². The molecule has 1 aromatic carbocycles. The standard InChI is InChI=1S/C21H32N4O2S.HI/c1-15-13-16(14-23-19(22)24-9-11-28-12-10-24)5-8-18(15)25(17-6-7-17)20(26)27-21(2,3)4;/h5,8,13,17H,6-7,9-12,14H2,1-4H3,(H2,22,23);1H. The van der Waals surface area contributed by atoms with Crippen LogP contribution in [0.1, 0.15) is 44.7 Å². The smallest absolute Gasteiger partial charge is 0.415 e. The Morgan fingerprint density at radius 3 is 2.52 bits per heavy atom. The number of rotatable bonds is 4. The number of ether oxygens (including phenoxy) is 1. The summed E-state index contributed by atoms with van der Waals surface area (Å²) in [5.41, 5.74) is 8.72. The third kappa shape index (κ3) is 6.94. The molecule has 2 N–H and O–H groups in total. The number of hydrogen-bond donors (Lipinski definition) is 1. The molecule has 0 bridgehead atoms. The van der Waals surface area contributed by atoms with E-state index in [4.69, 9.17) is 10.5 Å². The van der Waals surface area contributed by atoms with Crippen LogP contribution in [0.25, 0.3) is 0 Å². The second-order valence-electron chi connectivity index (χ2n) is 8.48. The minimum Gasteiger partial charge on any atom is -0.443 e. The average molecular weight is 532 g/mol. The highest BCUT2D eigenvalue weighted by molar-refractivity contribution is 14.0. The van der Waals surface area contributed by atoms with E-state index in [0.29, 0.717) is 12.5 Å². The van der Waals surface area contributed by atoms with Gasteiger partial charge in [-0.2, -0.15) is 11.8 Å². The van der Waals surface area contributed by atoms with Crippen molar-refractivity contribution in [2.45, 2.75) is 58.7 Å². The normalized spacial score (nSPS) is 17.5. The van der Waals surface area contributed by atoms with Crippen molar-refractivity contribution < 1.29 is 9.53 Å². The van der Waals surface area contributed by atoms with E-state index >= 15 is 0 Å². The summed E-state index contributed by atoms with van der Waals surface area (Å²) in [6.07, 6.45) is 1.78. The first-order chi connectivity index (χ1) is 13.2. The van der Waals surface area contributed by atoms with Gasteiger partial charge in [-0.3, -0.25) is 4.90 Å². The van der Waals surface area contributed by atoms with Crippen molar-refractivity contribution in [2.24, 2.45) is 10.7 Å². The van der Waals surface area contributed by atoms with Crippen LogP contribution in [-0.2, 0) is 11.3 Å². The second-order valence-corrected chi connectivity index (χ2v) is 9.70. The van der Waals surface area contributed by atoms with E-state index < -0.39 is 5.60 Å². The molecule has 1 saturated heterocycles. The van der Waals surface area contributed by atoms with Crippen LogP contribution < -0.4 is 10.6 Å². The first-order valence-corrected chi connectivity index (χ1v) is 11.1. The Hall–Kier alpha value is -1.16. The van der Waals surface area contributed by atoms with E-state index in [0.717, 1.165) is 54.3 Å². The molecule has 1 saturated carbocycles. The minimum atomic E-state index is -0.503. The van der Waals surface area contributed by atoms with Crippen LogP contribution >= 0.6 is 35.7 Å². The molecule has 0 aromatic heterocycles. The molecule has 2 fully saturated rings. The number of carbonyl (C=O) groups excluding carboxylic acids is 1. The Morgan fingerprint density at radius 1 is 1.31 bits per heavy atom. The Morgan fingerprint density at radius 2 is 1.97 bits per heavy atom. The number of thioether (sulfide) groups is 1. The SMILES string of the molecule is Cc1cc(CN=C(N)N2CCSCC2)ccc1N(C(=O)OC(C)(C)C)C1CC1.I. The number of hydrogen-bond acceptors (Lipinski definition) is 4.